The molecule has 1 heterocycles. The summed E-state index contributed by atoms with van der Waals surface area (Å²) in [5.41, 5.74) is 0.987. The van der Waals surface area contributed by atoms with Crippen LogP contribution in [0.2, 0.25) is 5.02 Å². The normalized spacial score (nSPS) is 11.3. The first kappa shape index (κ1) is 23.2. The molecule has 5 nitrogen and oxygen atoms in total. The van der Waals surface area contributed by atoms with E-state index in [0.29, 0.717) is 21.9 Å². The summed E-state index contributed by atoms with van der Waals surface area (Å²) in [4.78, 5) is 0. The van der Waals surface area contributed by atoms with Crippen molar-refractivity contribution in [1.29, 1.82) is 5.26 Å². The summed E-state index contributed by atoms with van der Waals surface area (Å²) in [6.45, 7) is 0.155. The molecule has 0 spiro atoms. The summed E-state index contributed by atoms with van der Waals surface area (Å²) < 4.78 is 46.5. The number of aromatic nitrogens is 2. The van der Waals surface area contributed by atoms with E-state index in [-0.39, 0.29) is 29.2 Å². The minimum absolute atomic E-state index is 0.0470. The second kappa shape index (κ2) is 9.12. The molecule has 0 saturated heterocycles. The molecule has 0 amide bonds. The summed E-state index contributed by atoms with van der Waals surface area (Å²) in [7, 11) is 1.18. The molecule has 0 aliphatic carbocycles. The van der Waals surface area contributed by atoms with Gasteiger partial charge in [-0.1, -0.05) is 35.9 Å². The van der Waals surface area contributed by atoms with Gasteiger partial charge in [-0.25, -0.2) is 0 Å². The quantitative estimate of drug-likeness (QED) is 0.348. The summed E-state index contributed by atoms with van der Waals surface area (Å²) >= 11 is 5.92. The number of nitriles is 1. The van der Waals surface area contributed by atoms with E-state index in [4.69, 9.17) is 16.3 Å². The van der Waals surface area contributed by atoms with Crippen molar-refractivity contribution in [2.24, 2.45) is 7.05 Å². The van der Waals surface area contributed by atoms with Crippen LogP contribution in [0.15, 0.2) is 66.7 Å². The number of phenolic OH excluding ortho intramolecular Hbond substituents is 1. The van der Waals surface area contributed by atoms with Crippen molar-refractivity contribution in [1.82, 2.24) is 9.78 Å². The highest BCUT2D eigenvalue weighted by atomic mass is 35.5. The Hall–Kier alpha value is -3.96. The van der Waals surface area contributed by atoms with Crippen molar-refractivity contribution in [3.8, 4) is 40.0 Å². The number of hydrogen-bond donors (Lipinski definition) is 1. The lowest BCUT2D eigenvalue weighted by molar-refractivity contribution is -0.143. The van der Waals surface area contributed by atoms with E-state index >= 15 is 0 Å². The van der Waals surface area contributed by atoms with E-state index in [0.717, 1.165) is 16.3 Å². The average molecular weight is 484 g/mol. The maximum atomic E-state index is 13.3. The zero-order valence-electron chi connectivity index (χ0n) is 17.8. The summed E-state index contributed by atoms with van der Waals surface area (Å²) in [6.07, 6.45) is -4.60. The van der Waals surface area contributed by atoms with E-state index in [1.807, 2.05) is 6.07 Å². The van der Waals surface area contributed by atoms with Crippen LogP contribution in [-0.2, 0) is 19.8 Å². The van der Waals surface area contributed by atoms with Crippen LogP contribution in [0, 0.1) is 11.3 Å². The van der Waals surface area contributed by atoms with Gasteiger partial charge in [-0.15, -0.1) is 0 Å². The standard InChI is InChI=1S/C25H17ClF3N3O2/c1-32-22(25(27,28)29)12-20(31-32)19-9-10-21(34-14-15-5-7-18(26)8-6-15)23(24(19)33)17-4-2-3-16(11-17)13-30/h2-12,33H,14H2,1H3. The average Bonchev–Trinajstić information content (AvgIpc) is 3.20. The molecule has 0 unspecified atom stereocenters. The van der Waals surface area contributed by atoms with Crippen molar-refractivity contribution < 1.29 is 23.0 Å². The molecule has 1 aromatic heterocycles. The molecule has 9 heteroatoms. The minimum Gasteiger partial charge on any atom is -0.506 e. The predicted molar refractivity (Wildman–Crippen MR) is 121 cm³/mol. The molecule has 0 fully saturated rings. The molecule has 4 rings (SSSR count). The second-order valence-electron chi connectivity index (χ2n) is 7.48. The van der Waals surface area contributed by atoms with E-state index in [1.54, 1.807) is 54.6 Å². The van der Waals surface area contributed by atoms with Crippen LogP contribution >= 0.6 is 11.6 Å². The van der Waals surface area contributed by atoms with Crippen molar-refractivity contribution >= 4 is 11.6 Å². The highest BCUT2D eigenvalue weighted by Crippen LogP contribution is 2.45. The Morgan fingerprint density at radius 2 is 1.82 bits per heavy atom. The van der Waals surface area contributed by atoms with E-state index in [1.165, 1.54) is 13.1 Å². The number of phenols is 1. The molecule has 1 N–H and O–H groups in total. The minimum atomic E-state index is -4.60. The number of nitrogens with zero attached hydrogens (tertiary/aromatic N) is 3. The van der Waals surface area contributed by atoms with Gasteiger partial charge in [0.05, 0.1) is 22.9 Å². The van der Waals surface area contributed by atoms with E-state index in [9.17, 15) is 23.5 Å². The fourth-order valence-corrected chi connectivity index (χ4v) is 3.65. The van der Waals surface area contributed by atoms with Gasteiger partial charge < -0.3 is 9.84 Å². The van der Waals surface area contributed by atoms with Crippen molar-refractivity contribution in [3.05, 3.63) is 88.6 Å². The SMILES string of the molecule is Cn1nc(-c2ccc(OCc3ccc(Cl)cc3)c(-c3cccc(C#N)c3)c2O)cc1C(F)(F)F. The Balaban J connectivity index is 1.82. The van der Waals surface area contributed by atoms with Gasteiger partial charge in [0.15, 0.2) is 0 Å². The Morgan fingerprint density at radius 1 is 1.09 bits per heavy atom. The van der Waals surface area contributed by atoms with Gasteiger partial charge in [0.2, 0.25) is 0 Å². The molecular formula is C25H17ClF3N3O2. The highest BCUT2D eigenvalue weighted by molar-refractivity contribution is 6.30. The Labute approximate surface area is 198 Å². The number of ether oxygens (including phenoxy) is 1. The fourth-order valence-electron chi connectivity index (χ4n) is 3.53. The van der Waals surface area contributed by atoms with Gasteiger partial charge in [-0.3, -0.25) is 4.68 Å². The van der Waals surface area contributed by atoms with Crippen LogP contribution in [-0.4, -0.2) is 14.9 Å². The number of benzene rings is 3. The van der Waals surface area contributed by atoms with Crippen LogP contribution in [0.4, 0.5) is 13.2 Å². The van der Waals surface area contributed by atoms with Crippen LogP contribution in [0.5, 0.6) is 11.5 Å². The van der Waals surface area contributed by atoms with E-state index in [2.05, 4.69) is 5.10 Å². The molecule has 0 atom stereocenters. The number of hydrogen-bond acceptors (Lipinski definition) is 4. The van der Waals surface area contributed by atoms with E-state index < -0.39 is 11.9 Å². The smallest absolute Gasteiger partial charge is 0.433 e. The monoisotopic (exact) mass is 483 g/mol. The van der Waals surface area contributed by atoms with Crippen LogP contribution in [0.3, 0.4) is 0 Å². The first-order valence-corrected chi connectivity index (χ1v) is 10.4. The predicted octanol–water partition coefficient (Wildman–Crippen LogP) is 6.58. The van der Waals surface area contributed by atoms with Gasteiger partial charge in [0.1, 0.15) is 23.8 Å². The number of halogens is 4. The zero-order valence-corrected chi connectivity index (χ0v) is 18.5. The number of aromatic hydroxyl groups is 1. The lowest BCUT2D eigenvalue weighted by Gasteiger charge is -2.16. The van der Waals surface area contributed by atoms with Crippen molar-refractivity contribution in [3.63, 3.8) is 0 Å². The summed E-state index contributed by atoms with van der Waals surface area (Å²) in [5.74, 6) is -0.0196. The van der Waals surface area contributed by atoms with Crippen molar-refractivity contribution in [2.75, 3.05) is 0 Å². The molecule has 172 valence electrons. The summed E-state index contributed by atoms with van der Waals surface area (Å²) in [5, 5.41) is 25.0. The molecule has 4 aromatic rings. The molecule has 0 saturated carbocycles. The molecule has 0 aliphatic rings. The third-order valence-electron chi connectivity index (χ3n) is 5.17. The topological polar surface area (TPSA) is 71.1 Å². The Kier molecular flexibility index (Phi) is 6.22. The summed E-state index contributed by atoms with van der Waals surface area (Å²) in [6, 6.07) is 19.4. The van der Waals surface area contributed by atoms with Crippen LogP contribution < -0.4 is 4.74 Å². The fraction of sp³-hybridized carbons (Fsp3) is 0.120. The van der Waals surface area contributed by atoms with Crippen molar-refractivity contribution in [2.45, 2.75) is 12.8 Å². The first-order valence-electron chi connectivity index (χ1n) is 10.0. The maximum Gasteiger partial charge on any atom is 0.433 e. The van der Waals surface area contributed by atoms with Gasteiger partial charge >= 0.3 is 6.18 Å². The number of aryl methyl sites for hydroxylation is 1. The molecule has 0 aliphatic heterocycles. The highest BCUT2D eigenvalue weighted by Gasteiger charge is 2.35. The third kappa shape index (κ3) is 4.70. The van der Waals surface area contributed by atoms with Crippen LogP contribution in [0.25, 0.3) is 22.4 Å². The largest absolute Gasteiger partial charge is 0.506 e. The second-order valence-corrected chi connectivity index (χ2v) is 7.92. The third-order valence-corrected chi connectivity index (χ3v) is 5.43. The molecular weight excluding hydrogens is 467 g/mol. The zero-order chi connectivity index (χ0) is 24.5. The Morgan fingerprint density at radius 3 is 2.47 bits per heavy atom. The lowest BCUT2D eigenvalue weighted by atomic mass is 9.97. The molecule has 0 bridgehead atoms. The van der Waals surface area contributed by atoms with Gasteiger partial charge in [0.25, 0.3) is 0 Å². The number of alkyl halides is 3. The first-order chi connectivity index (χ1) is 16.2. The molecule has 3 aromatic carbocycles. The molecule has 0 radical (unpaired) electrons. The Bertz CT molecular complexity index is 1390. The number of rotatable bonds is 5. The van der Waals surface area contributed by atoms with Gasteiger partial charge in [-0.2, -0.15) is 23.5 Å². The molecule has 34 heavy (non-hydrogen) atoms. The van der Waals surface area contributed by atoms with Gasteiger partial charge in [-0.05, 0) is 53.6 Å². The van der Waals surface area contributed by atoms with Crippen LogP contribution in [0.1, 0.15) is 16.8 Å². The maximum absolute atomic E-state index is 13.3. The lowest BCUT2D eigenvalue weighted by Crippen LogP contribution is -2.11. The van der Waals surface area contributed by atoms with Gasteiger partial charge in [0, 0.05) is 17.6 Å².